The summed E-state index contributed by atoms with van der Waals surface area (Å²) in [4.78, 5) is 10.5. The van der Waals surface area contributed by atoms with Crippen LogP contribution in [0.3, 0.4) is 0 Å². The van der Waals surface area contributed by atoms with E-state index in [0.29, 0.717) is 5.82 Å². The minimum atomic E-state index is -0.0643. The Morgan fingerprint density at radius 3 is 1.70 bits per heavy atom. The minimum absolute atomic E-state index is 0.0643. The second kappa shape index (κ2) is 12.3. The average molecular weight is 677 g/mol. The summed E-state index contributed by atoms with van der Waals surface area (Å²) in [6.45, 7) is 4.69. The van der Waals surface area contributed by atoms with E-state index in [1.54, 1.807) is 0 Å². The molecule has 0 aliphatic heterocycles. The summed E-state index contributed by atoms with van der Waals surface area (Å²) in [7, 11) is 0. The van der Waals surface area contributed by atoms with E-state index in [1.807, 2.05) is 6.07 Å². The molecule has 0 unspecified atom stereocenters. The van der Waals surface area contributed by atoms with Crippen molar-refractivity contribution < 1.29 is 0 Å². The lowest BCUT2D eigenvalue weighted by atomic mass is 9.81. The quantitative estimate of drug-likeness (QED) is 0.181. The van der Waals surface area contributed by atoms with Crippen LogP contribution in [0.25, 0.3) is 88.8 Å². The Morgan fingerprint density at radius 1 is 0.340 bits per heavy atom. The van der Waals surface area contributed by atoms with E-state index in [1.165, 1.54) is 60.5 Å². The van der Waals surface area contributed by atoms with Gasteiger partial charge in [-0.25, -0.2) is 9.97 Å². The molecule has 0 spiro atoms. The van der Waals surface area contributed by atoms with Crippen LogP contribution in [-0.2, 0) is 5.41 Å². The molecular weight excluding hydrogens is 641 g/mol. The number of rotatable bonds is 5. The highest BCUT2D eigenvalue weighted by Crippen LogP contribution is 2.50. The molecule has 1 aliphatic carbocycles. The SMILES string of the molecule is CC1(C)c2ccccc2-c2ccc(-c3ccc(-c4cc(-c5ccccc5-c5cccc6ccccc56)nc(-c5ccccc5)n4)c4ccccc34)cc21. The van der Waals surface area contributed by atoms with Crippen molar-refractivity contribution >= 4 is 21.5 Å². The molecule has 0 saturated carbocycles. The molecule has 2 nitrogen and oxygen atoms in total. The molecule has 8 aromatic carbocycles. The van der Waals surface area contributed by atoms with Gasteiger partial charge in [-0.1, -0.05) is 184 Å². The van der Waals surface area contributed by atoms with Gasteiger partial charge in [-0.3, -0.25) is 0 Å². The van der Waals surface area contributed by atoms with Crippen LogP contribution in [0.4, 0.5) is 0 Å². The van der Waals surface area contributed by atoms with E-state index in [4.69, 9.17) is 9.97 Å². The molecule has 1 heterocycles. The van der Waals surface area contributed by atoms with Crippen molar-refractivity contribution in [1.82, 2.24) is 9.97 Å². The van der Waals surface area contributed by atoms with Crippen molar-refractivity contribution in [2.24, 2.45) is 0 Å². The van der Waals surface area contributed by atoms with Crippen LogP contribution in [0, 0.1) is 0 Å². The summed E-state index contributed by atoms with van der Waals surface area (Å²) in [6.07, 6.45) is 0. The van der Waals surface area contributed by atoms with Crippen LogP contribution in [0.5, 0.6) is 0 Å². The summed E-state index contributed by atoms with van der Waals surface area (Å²) >= 11 is 0. The zero-order valence-electron chi connectivity index (χ0n) is 29.7. The van der Waals surface area contributed by atoms with Crippen LogP contribution in [-0.4, -0.2) is 9.97 Å². The molecule has 0 bridgehead atoms. The Kier molecular flexibility index (Phi) is 7.19. The summed E-state index contributed by atoms with van der Waals surface area (Å²) in [5.41, 5.74) is 15.1. The van der Waals surface area contributed by atoms with Gasteiger partial charge in [0.25, 0.3) is 0 Å². The van der Waals surface area contributed by atoms with Gasteiger partial charge in [0.05, 0.1) is 11.4 Å². The molecule has 0 fully saturated rings. The smallest absolute Gasteiger partial charge is 0.160 e. The van der Waals surface area contributed by atoms with Gasteiger partial charge < -0.3 is 0 Å². The topological polar surface area (TPSA) is 25.8 Å². The van der Waals surface area contributed by atoms with Gasteiger partial charge in [-0.2, -0.15) is 0 Å². The van der Waals surface area contributed by atoms with Crippen LogP contribution in [0.2, 0.25) is 0 Å². The molecule has 53 heavy (non-hydrogen) atoms. The Balaban J connectivity index is 1.16. The monoisotopic (exact) mass is 676 g/mol. The van der Waals surface area contributed by atoms with E-state index in [2.05, 4.69) is 190 Å². The normalized spacial score (nSPS) is 12.9. The van der Waals surface area contributed by atoms with Gasteiger partial charge in [0, 0.05) is 22.1 Å². The maximum atomic E-state index is 5.28. The molecular formula is C51H36N2. The second-order valence-corrected chi connectivity index (χ2v) is 14.5. The zero-order chi connectivity index (χ0) is 35.5. The Bertz CT molecular complexity index is 2860. The number of aromatic nitrogens is 2. The maximum absolute atomic E-state index is 5.28. The molecule has 250 valence electrons. The van der Waals surface area contributed by atoms with Gasteiger partial charge in [0.15, 0.2) is 5.82 Å². The molecule has 0 saturated heterocycles. The van der Waals surface area contributed by atoms with E-state index in [-0.39, 0.29) is 5.41 Å². The molecule has 9 aromatic rings. The third-order valence-corrected chi connectivity index (χ3v) is 11.1. The highest BCUT2D eigenvalue weighted by Gasteiger charge is 2.35. The fourth-order valence-electron chi connectivity index (χ4n) is 8.49. The molecule has 0 N–H and O–H groups in total. The first kappa shape index (κ1) is 31.1. The largest absolute Gasteiger partial charge is 0.228 e. The fourth-order valence-corrected chi connectivity index (χ4v) is 8.49. The summed E-state index contributed by atoms with van der Waals surface area (Å²) < 4.78 is 0. The number of hydrogen-bond donors (Lipinski definition) is 0. The number of nitrogens with zero attached hydrogens (tertiary/aromatic N) is 2. The average Bonchev–Trinajstić information content (AvgIpc) is 3.45. The first-order chi connectivity index (χ1) is 26.0. The molecule has 0 atom stereocenters. The first-order valence-corrected chi connectivity index (χ1v) is 18.3. The number of fused-ring (bicyclic) bond motifs is 5. The predicted octanol–water partition coefficient (Wildman–Crippen LogP) is 13.4. The van der Waals surface area contributed by atoms with Gasteiger partial charge >= 0.3 is 0 Å². The van der Waals surface area contributed by atoms with Gasteiger partial charge in [0.2, 0.25) is 0 Å². The second-order valence-electron chi connectivity index (χ2n) is 14.5. The van der Waals surface area contributed by atoms with Crippen LogP contribution >= 0.6 is 0 Å². The summed E-state index contributed by atoms with van der Waals surface area (Å²) in [5.74, 6) is 0.708. The summed E-state index contributed by atoms with van der Waals surface area (Å²) in [5, 5.41) is 4.81. The first-order valence-electron chi connectivity index (χ1n) is 18.3. The highest BCUT2D eigenvalue weighted by molar-refractivity contribution is 6.06. The van der Waals surface area contributed by atoms with Crippen LogP contribution in [0.1, 0.15) is 25.0 Å². The van der Waals surface area contributed by atoms with Crippen molar-refractivity contribution in [3.63, 3.8) is 0 Å². The Labute approximate surface area is 310 Å². The molecule has 1 aliphatic rings. The lowest BCUT2D eigenvalue weighted by Crippen LogP contribution is -2.14. The number of hydrogen-bond acceptors (Lipinski definition) is 2. The fraction of sp³-hybridized carbons (Fsp3) is 0.0588. The Morgan fingerprint density at radius 2 is 0.887 bits per heavy atom. The van der Waals surface area contributed by atoms with Crippen molar-refractivity contribution in [1.29, 1.82) is 0 Å². The maximum Gasteiger partial charge on any atom is 0.160 e. The molecule has 1 aromatic heterocycles. The van der Waals surface area contributed by atoms with Gasteiger partial charge in [-0.15, -0.1) is 0 Å². The molecule has 10 rings (SSSR count). The number of benzene rings is 8. The standard InChI is InChI=1S/C51H36N2/c1-51(2)46-26-13-12-23-42(46)43-28-27-35(31-47(43)51)37-29-30-45(41-22-9-8-20-38(37)41)49-32-48(52-50(53-49)34-16-4-3-5-17-34)44-24-11-10-21-40(44)39-25-14-18-33-15-6-7-19-36(33)39/h3-32H,1-2H3. The van der Waals surface area contributed by atoms with Crippen LogP contribution in [0.15, 0.2) is 182 Å². The van der Waals surface area contributed by atoms with Crippen molar-refractivity contribution in [3.8, 4) is 67.3 Å². The zero-order valence-corrected chi connectivity index (χ0v) is 29.7. The van der Waals surface area contributed by atoms with E-state index < -0.39 is 0 Å². The van der Waals surface area contributed by atoms with Crippen molar-refractivity contribution in [3.05, 3.63) is 193 Å². The predicted molar refractivity (Wildman–Crippen MR) is 222 cm³/mol. The Hall–Kier alpha value is -6.64. The lowest BCUT2D eigenvalue weighted by molar-refractivity contribution is 0.660. The highest BCUT2D eigenvalue weighted by atomic mass is 14.9. The van der Waals surface area contributed by atoms with Crippen LogP contribution < -0.4 is 0 Å². The van der Waals surface area contributed by atoms with Crippen molar-refractivity contribution in [2.45, 2.75) is 19.3 Å². The molecule has 2 heteroatoms. The third-order valence-electron chi connectivity index (χ3n) is 11.1. The van der Waals surface area contributed by atoms with Gasteiger partial charge in [0.1, 0.15) is 0 Å². The molecule has 0 radical (unpaired) electrons. The van der Waals surface area contributed by atoms with E-state index in [9.17, 15) is 0 Å². The minimum Gasteiger partial charge on any atom is -0.228 e. The lowest BCUT2D eigenvalue weighted by Gasteiger charge is -2.22. The van der Waals surface area contributed by atoms with Gasteiger partial charge in [-0.05, 0) is 78.2 Å². The van der Waals surface area contributed by atoms with Crippen molar-refractivity contribution in [2.75, 3.05) is 0 Å². The summed E-state index contributed by atoms with van der Waals surface area (Å²) in [6, 6.07) is 65.4. The van der Waals surface area contributed by atoms with E-state index in [0.717, 1.165) is 33.6 Å². The van der Waals surface area contributed by atoms with E-state index >= 15 is 0 Å². The molecule has 0 amide bonds. The third kappa shape index (κ3) is 5.10.